The molecule has 1 saturated heterocycles. The highest BCUT2D eigenvalue weighted by Gasteiger charge is 2.30. The molecule has 7 heteroatoms. The summed E-state index contributed by atoms with van der Waals surface area (Å²) in [4.78, 5) is 1.29. The molecule has 0 saturated carbocycles. The van der Waals surface area contributed by atoms with Gasteiger partial charge in [0.25, 0.3) is 0 Å². The first kappa shape index (κ1) is 14.5. The molecule has 0 aliphatic carbocycles. The minimum Gasteiger partial charge on any atom is -0.317 e. The summed E-state index contributed by atoms with van der Waals surface area (Å²) in [5.41, 5.74) is 0. The number of sulfonamides is 1. The molecule has 1 aromatic heterocycles. The maximum atomic E-state index is 12.5. The highest BCUT2D eigenvalue weighted by atomic mass is 79.9. The number of nitrogens with zero attached hydrogens (tertiary/aromatic N) is 1. The smallest absolute Gasteiger partial charge is 0.244 e. The Bertz CT molecular complexity index is 519. The highest BCUT2D eigenvalue weighted by Crippen LogP contribution is 2.32. The molecule has 0 bridgehead atoms. The van der Waals surface area contributed by atoms with E-state index in [0.717, 1.165) is 21.5 Å². The van der Waals surface area contributed by atoms with Crippen LogP contribution in [0.15, 0.2) is 14.7 Å². The van der Waals surface area contributed by atoms with E-state index >= 15 is 0 Å². The van der Waals surface area contributed by atoms with Crippen molar-refractivity contribution in [1.29, 1.82) is 0 Å². The Kier molecular flexibility index (Phi) is 4.48. The van der Waals surface area contributed by atoms with Crippen molar-refractivity contribution in [3.63, 3.8) is 0 Å². The van der Waals surface area contributed by atoms with E-state index in [9.17, 15) is 8.42 Å². The minimum atomic E-state index is -3.32. The zero-order chi connectivity index (χ0) is 13.3. The number of aryl methyl sites for hydroxylation is 1. The van der Waals surface area contributed by atoms with Crippen LogP contribution in [-0.4, -0.2) is 38.9 Å². The van der Waals surface area contributed by atoms with Crippen molar-refractivity contribution >= 4 is 37.3 Å². The standard InChI is InChI=1S/C11H17BrN2O2S2/c1-8-10(7-11(12)17-8)18(15,16)14-5-3-9(13-2)4-6-14/h7,9,13H,3-6H2,1-2H3. The number of nitrogens with one attached hydrogen (secondary N) is 1. The Morgan fingerprint density at radius 3 is 2.50 bits per heavy atom. The molecule has 1 aromatic rings. The SMILES string of the molecule is CNC1CCN(S(=O)(=O)c2cc(Br)sc2C)CC1. The molecule has 1 aliphatic rings. The molecular weight excluding hydrogens is 336 g/mol. The number of hydrogen-bond acceptors (Lipinski definition) is 4. The summed E-state index contributed by atoms with van der Waals surface area (Å²) < 4.78 is 27.5. The minimum absolute atomic E-state index is 0.437. The normalized spacial score (nSPS) is 19.3. The summed E-state index contributed by atoms with van der Waals surface area (Å²) in [5.74, 6) is 0. The largest absolute Gasteiger partial charge is 0.317 e. The summed E-state index contributed by atoms with van der Waals surface area (Å²) in [5, 5.41) is 3.20. The maximum absolute atomic E-state index is 12.5. The van der Waals surface area contributed by atoms with Crippen LogP contribution < -0.4 is 5.32 Å². The van der Waals surface area contributed by atoms with Gasteiger partial charge in [0, 0.05) is 24.0 Å². The molecule has 1 aliphatic heterocycles. The van der Waals surface area contributed by atoms with Gasteiger partial charge in [0.05, 0.1) is 8.68 Å². The lowest BCUT2D eigenvalue weighted by Crippen LogP contribution is -2.43. The molecule has 0 atom stereocenters. The molecule has 0 spiro atoms. The molecule has 2 rings (SSSR count). The second-order valence-corrected chi connectivity index (χ2v) is 8.98. The second-order valence-electron chi connectivity index (χ2n) is 4.44. The third-order valence-corrected chi connectivity index (χ3v) is 7.03. The van der Waals surface area contributed by atoms with E-state index in [4.69, 9.17) is 0 Å². The summed E-state index contributed by atoms with van der Waals surface area (Å²) in [6.07, 6.45) is 1.75. The number of halogens is 1. The Morgan fingerprint density at radius 1 is 1.44 bits per heavy atom. The van der Waals surface area contributed by atoms with Crippen molar-refractivity contribution in [2.24, 2.45) is 0 Å². The fourth-order valence-corrected chi connectivity index (χ4v) is 6.06. The lowest BCUT2D eigenvalue weighted by atomic mass is 10.1. The number of thiophene rings is 1. The van der Waals surface area contributed by atoms with Gasteiger partial charge in [-0.2, -0.15) is 4.31 Å². The summed E-state index contributed by atoms with van der Waals surface area (Å²) in [6.45, 7) is 3.05. The predicted molar refractivity (Wildman–Crippen MR) is 77.6 cm³/mol. The van der Waals surface area contributed by atoms with Gasteiger partial charge in [-0.05, 0) is 48.8 Å². The second kappa shape index (κ2) is 5.58. The Labute approximate surface area is 121 Å². The molecule has 0 amide bonds. The van der Waals surface area contributed by atoms with Crippen molar-refractivity contribution < 1.29 is 8.42 Å². The molecule has 102 valence electrons. The van der Waals surface area contributed by atoms with Crippen LogP contribution in [0.3, 0.4) is 0 Å². The van der Waals surface area contributed by atoms with E-state index in [1.807, 2.05) is 14.0 Å². The molecule has 1 fully saturated rings. The molecule has 1 N–H and O–H groups in total. The van der Waals surface area contributed by atoms with Crippen LogP contribution in [-0.2, 0) is 10.0 Å². The molecular formula is C11H17BrN2O2S2. The average Bonchev–Trinajstić information content (AvgIpc) is 2.69. The molecule has 4 nitrogen and oxygen atoms in total. The van der Waals surface area contributed by atoms with Crippen LogP contribution in [0.4, 0.5) is 0 Å². The molecule has 0 radical (unpaired) electrons. The van der Waals surface area contributed by atoms with Crippen molar-refractivity contribution in [1.82, 2.24) is 9.62 Å². The van der Waals surface area contributed by atoms with Gasteiger partial charge in [0.15, 0.2) is 0 Å². The van der Waals surface area contributed by atoms with E-state index in [0.29, 0.717) is 24.0 Å². The van der Waals surface area contributed by atoms with Crippen molar-refractivity contribution in [3.8, 4) is 0 Å². The quantitative estimate of drug-likeness (QED) is 0.906. The van der Waals surface area contributed by atoms with E-state index in [1.54, 1.807) is 10.4 Å². The Balaban J connectivity index is 2.20. The zero-order valence-corrected chi connectivity index (χ0v) is 13.7. The van der Waals surface area contributed by atoms with Crippen LogP contribution >= 0.6 is 27.3 Å². The maximum Gasteiger partial charge on any atom is 0.244 e. The topological polar surface area (TPSA) is 49.4 Å². The first-order chi connectivity index (χ1) is 8.45. The van der Waals surface area contributed by atoms with E-state index in [2.05, 4.69) is 21.2 Å². The van der Waals surface area contributed by atoms with Gasteiger partial charge in [-0.3, -0.25) is 0 Å². The van der Waals surface area contributed by atoms with Gasteiger partial charge in [-0.15, -0.1) is 11.3 Å². The van der Waals surface area contributed by atoms with Gasteiger partial charge in [-0.25, -0.2) is 8.42 Å². The van der Waals surface area contributed by atoms with Crippen LogP contribution in [0, 0.1) is 6.92 Å². The van der Waals surface area contributed by atoms with E-state index in [1.165, 1.54) is 11.3 Å². The van der Waals surface area contributed by atoms with Gasteiger partial charge < -0.3 is 5.32 Å². The molecule has 0 aromatic carbocycles. The number of hydrogen-bond donors (Lipinski definition) is 1. The van der Waals surface area contributed by atoms with Gasteiger partial charge >= 0.3 is 0 Å². The van der Waals surface area contributed by atoms with Crippen molar-refractivity contribution in [2.75, 3.05) is 20.1 Å². The molecule has 2 heterocycles. The van der Waals surface area contributed by atoms with Crippen molar-refractivity contribution in [2.45, 2.75) is 30.7 Å². The van der Waals surface area contributed by atoms with Crippen LogP contribution in [0.2, 0.25) is 0 Å². The predicted octanol–water partition coefficient (Wildman–Crippen LogP) is 2.19. The van der Waals surface area contributed by atoms with Gasteiger partial charge in [0.1, 0.15) is 0 Å². The first-order valence-corrected chi connectivity index (χ1v) is 8.93. The fourth-order valence-electron chi connectivity index (χ4n) is 2.21. The average molecular weight is 353 g/mol. The lowest BCUT2D eigenvalue weighted by Gasteiger charge is -2.30. The van der Waals surface area contributed by atoms with Gasteiger partial charge in [-0.1, -0.05) is 0 Å². The summed E-state index contributed by atoms with van der Waals surface area (Å²) in [7, 11) is -1.39. The summed E-state index contributed by atoms with van der Waals surface area (Å²) >= 11 is 4.81. The van der Waals surface area contributed by atoms with Crippen LogP contribution in [0.25, 0.3) is 0 Å². The summed E-state index contributed by atoms with van der Waals surface area (Å²) in [6, 6.07) is 2.14. The fraction of sp³-hybridized carbons (Fsp3) is 0.636. The van der Waals surface area contributed by atoms with Gasteiger partial charge in [0.2, 0.25) is 10.0 Å². The molecule has 18 heavy (non-hydrogen) atoms. The van der Waals surface area contributed by atoms with Crippen LogP contribution in [0.1, 0.15) is 17.7 Å². The Morgan fingerprint density at radius 2 is 2.06 bits per heavy atom. The van der Waals surface area contributed by atoms with E-state index in [-0.39, 0.29) is 0 Å². The monoisotopic (exact) mass is 352 g/mol. The number of rotatable bonds is 3. The highest BCUT2D eigenvalue weighted by molar-refractivity contribution is 9.11. The third kappa shape index (κ3) is 2.80. The third-order valence-electron chi connectivity index (χ3n) is 3.32. The Hall–Kier alpha value is 0.0500. The lowest BCUT2D eigenvalue weighted by molar-refractivity contribution is 0.298. The zero-order valence-electron chi connectivity index (χ0n) is 10.4. The first-order valence-electron chi connectivity index (χ1n) is 5.88. The van der Waals surface area contributed by atoms with Crippen molar-refractivity contribution in [3.05, 3.63) is 14.7 Å². The van der Waals surface area contributed by atoms with E-state index < -0.39 is 10.0 Å². The van der Waals surface area contributed by atoms with Crippen LogP contribution in [0.5, 0.6) is 0 Å². The molecule has 0 unspecified atom stereocenters. The number of piperidine rings is 1.